The number of halogens is 3. The highest BCUT2D eigenvalue weighted by molar-refractivity contribution is 5.95. The lowest BCUT2D eigenvalue weighted by atomic mass is 10.1. The summed E-state index contributed by atoms with van der Waals surface area (Å²) in [6, 6.07) is 0. The van der Waals surface area contributed by atoms with Gasteiger partial charge in [-0.1, -0.05) is 0 Å². The van der Waals surface area contributed by atoms with Gasteiger partial charge in [-0.25, -0.2) is 9.59 Å². The standard InChI is InChI=1S/C10H10F3N3O7/c1-22-9(19)7-5(6(8(17)18)14-15-7)4(2-16(20)21)23-3-10(11,12)13/h4H,2-3H2,1H3,(H,14,15)(H,17,18). The number of aromatic nitrogens is 2. The van der Waals surface area contributed by atoms with Crippen LogP contribution in [0.1, 0.15) is 32.6 Å². The molecule has 0 saturated carbocycles. The number of hydrogen-bond donors (Lipinski definition) is 2. The van der Waals surface area contributed by atoms with Crippen molar-refractivity contribution in [3.8, 4) is 0 Å². The predicted octanol–water partition coefficient (Wildman–Crippen LogP) is 0.791. The monoisotopic (exact) mass is 341 g/mol. The molecule has 0 radical (unpaired) electrons. The van der Waals surface area contributed by atoms with E-state index in [9.17, 15) is 32.9 Å². The molecule has 0 aliphatic heterocycles. The fourth-order valence-electron chi connectivity index (χ4n) is 1.64. The van der Waals surface area contributed by atoms with E-state index in [-0.39, 0.29) is 0 Å². The van der Waals surface area contributed by atoms with Crippen molar-refractivity contribution in [3.05, 3.63) is 27.1 Å². The van der Waals surface area contributed by atoms with Gasteiger partial charge in [-0.05, 0) is 0 Å². The van der Waals surface area contributed by atoms with Gasteiger partial charge in [-0.15, -0.1) is 0 Å². The van der Waals surface area contributed by atoms with Crippen LogP contribution in [0.4, 0.5) is 13.2 Å². The number of alkyl halides is 3. The summed E-state index contributed by atoms with van der Waals surface area (Å²) in [7, 11) is 0.917. The van der Waals surface area contributed by atoms with Crippen LogP contribution in [0, 0.1) is 10.1 Å². The molecule has 23 heavy (non-hydrogen) atoms. The Kier molecular flexibility index (Phi) is 5.62. The number of aromatic amines is 1. The summed E-state index contributed by atoms with van der Waals surface area (Å²) in [5.74, 6) is -2.88. The van der Waals surface area contributed by atoms with Gasteiger partial charge in [0.1, 0.15) is 12.3 Å². The van der Waals surface area contributed by atoms with Gasteiger partial charge in [0.05, 0.1) is 12.7 Å². The number of nitrogens with one attached hydrogen (secondary N) is 1. The van der Waals surface area contributed by atoms with Crippen LogP contribution in [0.3, 0.4) is 0 Å². The number of carboxylic acids is 1. The van der Waals surface area contributed by atoms with E-state index in [0.717, 1.165) is 7.11 Å². The predicted molar refractivity (Wildman–Crippen MR) is 63.5 cm³/mol. The van der Waals surface area contributed by atoms with Gasteiger partial charge in [0.15, 0.2) is 11.8 Å². The molecule has 1 unspecified atom stereocenters. The van der Waals surface area contributed by atoms with E-state index in [1.165, 1.54) is 0 Å². The van der Waals surface area contributed by atoms with E-state index in [0.29, 0.717) is 0 Å². The molecule has 1 atom stereocenters. The summed E-state index contributed by atoms with van der Waals surface area (Å²) in [5, 5.41) is 24.8. The highest BCUT2D eigenvalue weighted by atomic mass is 19.4. The molecule has 128 valence electrons. The molecule has 10 nitrogen and oxygen atoms in total. The number of carboxylic acid groups (broad SMARTS) is 1. The lowest BCUT2D eigenvalue weighted by molar-refractivity contribution is -0.493. The van der Waals surface area contributed by atoms with Gasteiger partial charge in [0, 0.05) is 4.92 Å². The van der Waals surface area contributed by atoms with Crippen molar-refractivity contribution in [2.24, 2.45) is 0 Å². The number of carbonyl (C=O) groups excluding carboxylic acids is 1. The lowest BCUT2D eigenvalue weighted by Crippen LogP contribution is -2.25. The molecule has 0 fully saturated rings. The summed E-state index contributed by atoms with van der Waals surface area (Å²) < 4.78 is 45.5. The van der Waals surface area contributed by atoms with Crippen LogP contribution in [-0.2, 0) is 9.47 Å². The maximum Gasteiger partial charge on any atom is 0.411 e. The summed E-state index contributed by atoms with van der Waals surface area (Å²) in [6.45, 7) is -3.09. The normalized spacial score (nSPS) is 12.7. The van der Waals surface area contributed by atoms with Gasteiger partial charge in [0.2, 0.25) is 6.54 Å². The van der Waals surface area contributed by atoms with Crippen LogP contribution in [0.25, 0.3) is 0 Å². The molecular weight excluding hydrogens is 331 g/mol. The quantitative estimate of drug-likeness (QED) is 0.421. The molecule has 0 aliphatic carbocycles. The molecule has 0 saturated heterocycles. The van der Waals surface area contributed by atoms with Crippen LogP contribution < -0.4 is 0 Å². The van der Waals surface area contributed by atoms with Gasteiger partial charge < -0.3 is 14.6 Å². The summed E-state index contributed by atoms with van der Waals surface area (Å²) in [4.78, 5) is 32.2. The molecule has 1 aromatic heterocycles. The number of hydrogen-bond acceptors (Lipinski definition) is 7. The van der Waals surface area contributed by atoms with Crippen molar-refractivity contribution in [1.82, 2.24) is 10.2 Å². The number of nitrogens with zero attached hydrogens (tertiary/aromatic N) is 2. The summed E-state index contributed by atoms with van der Waals surface area (Å²) in [5.41, 5.74) is -2.20. The van der Waals surface area contributed by atoms with Crippen LogP contribution in [0.15, 0.2) is 0 Å². The molecule has 0 amide bonds. The number of nitro groups is 1. The fourth-order valence-corrected chi connectivity index (χ4v) is 1.64. The lowest BCUT2D eigenvalue weighted by Gasteiger charge is -2.16. The number of ether oxygens (including phenoxy) is 2. The van der Waals surface area contributed by atoms with Crippen LogP contribution in [-0.4, -0.2) is 58.6 Å². The number of aromatic carboxylic acids is 1. The zero-order chi connectivity index (χ0) is 17.8. The third-order valence-electron chi connectivity index (χ3n) is 2.48. The minimum Gasteiger partial charge on any atom is -0.477 e. The van der Waals surface area contributed by atoms with E-state index in [2.05, 4.69) is 14.6 Å². The highest BCUT2D eigenvalue weighted by Crippen LogP contribution is 2.27. The Bertz CT molecular complexity index is 613. The molecule has 1 aromatic rings. The van der Waals surface area contributed by atoms with Crippen molar-refractivity contribution in [1.29, 1.82) is 0 Å². The Morgan fingerprint density at radius 2 is 2.09 bits per heavy atom. The van der Waals surface area contributed by atoms with E-state index in [4.69, 9.17) is 5.11 Å². The largest absolute Gasteiger partial charge is 0.477 e. The molecule has 0 aromatic carbocycles. The van der Waals surface area contributed by atoms with E-state index < -0.39 is 59.2 Å². The molecule has 0 spiro atoms. The molecule has 0 aliphatic rings. The third-order valence-corrected chi connectivity index (χ3v) is 2.48. The average molecular weight is 341 g/mol. The van der Waals surface area contributed by atoms with Crippen molar-refractivity contribution in [2.75, 3.05) is 20.3 Å². The second-order valence-electron chi connectivity index (χ2n) is 4.09. The fraction of sp³-hybridized carbons (Fsp3) is 0.500. The minimum absolute atomic E-state index is 0.690. The van der Waals surface area contributed by atoms with Crippen molar-refractivity contribution >= 4 is 11.9 Å². The van der Waals surface area contributed by atoms with Gasteiger partial charge in [0.25, 0.3) is 0 Å². The Morgan fingerprint density at radius 1 is 1.48 bits per heavy atom. The van der Waals surface area contributed by atoms with Gasteiger partial charge in [-0.3, -0.25) is 15.2 Å². The number of esters is 1. The Morgan fingerprint density at radius 3 is 2.52 bits per heavy atom. The van der Waals surface area contributed by atoms with Gasteiger partial charge >= 0.3 is 18.1 Å². The SMILES string of the molecule is COC(=O)c1n[nH]c(C(=O)O)c1C(C[N+](=O)[O-])OCC(F)(F)F. The van der Waals surface area contributed by atoms with E-state index in [1.54, 1.807) is 0 Å². The highest BCUT2D eigenvalue weighted by Gasteiger charge is 2.37. The average Bonchev–Trinajstić information content (AvgIpc) is 2.86. The second kappa shape index (κ2) is 7.04. The third kappa shape index (κ3) is 4.91. The second-order valence-corrected chi connectivity index (χ2v) is 4.09. The van der Waals surface area contributed by atoms with Gasteiger partial charge in [-0.2, -0.15) is 18.3 Å². The van der Waals surface area contributed by atoms with E-state index >= 15 is 0 Å². The van der Waals surface area contributed by atoms with Crippen LogP contribution in [0.2, 0.25) is 0 Å². The first-order valence-electron chi connectivity index (χ1n) is 5.76. The number of H-pyrrole nitrogens is 1. The van der Waals surface area contributed by atoms with Crippen LogP contribution in [0.5, 0.6) is 0 Å². The Labute approximate surface area is 125 Å². The topological polar surface area (TPSA) is 145 Å². The first-order chi connectivity index (χ1) is 10.6. The van der Waals surface area contributed by atoms with Crippen molar-refractivity contribution in [3.63, 3.8) is 0 Å². The maximum absolute atomic E-state index is 12.3. The molecule has 13 heteroatoms. The number of rotatable bonds is 7. The number of carbonyl (C=O) groups is 2. The summed E-state index contributed by atoms with van der Waals surface area (Å²) >= 11 is 0. The van der Waals surface area contributed by atoms with E-state index in [1.807, 2.05) is 5.10 Å². The van der Waals surface area contributed by atoms with Crippen molar-refractivity contribution < 1.29 is 42.3 Å². The molecule has 1 heterocycles. The van der Waals surface area contributed by atoms with Crippen molar-refractivity contribution in [2.45, 2.75) is 12.3 Å². The Hall–Kier alpha value is -2.70. The molecule has 1 rings (SSSR count). The smallest absolute Gasteiger partial charge is 0.411 e. The molecule has 0 bridgehead atoms. The summed E-state index contributed by atoms with van der Waals surface area (Å²) in [6.07, 6.45) is -6.78. The first kappa shape index (κ1) is 18.3. The molecular formula is C10H10F3N3O7. The molecule has 2 N–H and O–H groups in total. The van der Waals surface area contributed by atoms with Crippen LogP contribution >= 0.6 is 0 Å². The minimum atomic E-state index is -4.81. The maximum atomic E-state index is 12.3. The zero-order valence-electron chi connectivity index (χ0n) is 11.4. The number of methoxy groups -OCH3 is 1. The zero-order valence-corrected chi connectivity index (χ0v) is 11.4. The first-order valence-corrected chi connectivity index (χ1v) is 5.76. The Balaban J connectivity index is 3.31.